The van der Waals surface area contributed by atoms with Crippen molar-refractivity contribution in [1.82, 2.24) is 9.91 Å². The zero-order valence-corrected chi connectivity index (χ0v) is 14.1. The molecule has 3 rings (SSSR count). The Morgan fingerprint density at radius 1 is 1.28 bits per heavy atom. The van der Waals surface area contributed by atoms with E-state index < -0.39 is 6.03 Å². The van der Waals surface area contributed by atoms with E-state index in [2.05, 4.69) is 10.6 Å². The molecular weight excluding hydrogens is 348 g/mol. The van der Waals surface area contributed by atoms with Crippen LogP contribution in [0.4, 0.5) is 10.5 Å². The number of furan rings is 1. The van der Waals surface area contributed by atoms with E-state index in [4.69, 9.17) is 20.9 Å². The first-order valence-corrected chi connectivity index (χ1v) is 7.87. The van der Waals surface area contributed by atoms with Crippen molar-refractivity contribution in [3.8, 4) is 11.3 Å². The van der Waals surface area contributed by atoms with Gasteiger partial charge in [-0.05, 0) is 36.4 Å². The highest BCUT2D eigenvalue weighted by molar-refractivity contribution is 6.21. The van der Waals surface area contributed by atoms with Gasteiger partial charge >= 0.3 is 6.03 Å². The summed E-state index contributed by atoms with van der Waals surface area (Å²) in [5, 5.41) is 5.03. The summed E-state index contributed by atoms with van der Waals surface area (Å²) in [4.78, 5) is 29.2. The molecule has 1 aliphatic rings. The van der Waals surface area contributed by atoms with Crippen molar-refractivity contribution in [2.24, 2.45) is 5.10 Å². The highest BCUT2D eigenvalue weighted by Crippen LogP contribution is 2.23. The number of nitrogens with one attached hydrogen (secondary N) is 1. The summed E-state index contributed by atoms with van der Waals surface area (Å²) in [5.74, 6) is 0.720. The summed E-state index contributed by atoms with van der Waals surface area (Å²) in [5.41, 5.74) is 4.43. The van der Waals surface area contributed by atoms with E-state index in [1.807, 2.05) is 24.3 Å². The van der Waals surface area contributed by atoms with Crippen molar-refractivity contribution in [3.63, 3.8) is 0 Å². The van der Waals surface area contributed by atoms with Gasteiger partial charge in [-0.25, -0.2) is 14.7 Å². The number of hydrazone groups is 1. The first-order chi connectivity index (χ1) is 12.1. The van der Waals surface area contributed by atoms with Crippen LogP contribution in [0.2, 0.25) is 0 Å². The smallest absolute Gasteiger partial charge is 0.348 e. The topological polar surface area (TPSA) is 87.4 Å². The average Bonchev–Trinajstić information content (AvgIpc) is 3.18. The van der Waals surface area contributed by atoms with Crippen LogP contribution in [-0.4, -0.2) is 47.7 Å². The van der Waals surface area contributed by atoms with E-state index in [9.17, 15) is 9.59 Å². The lowest BCUT2D eigenvalue weighted by Gasteiger charge is -2.09. The van der Waals surface area contributed by atoms with Crippen LogP contribution in [0.15, 0.2) is 45.9 Å². The number of hydrogen-bond donors (Lipinski definition) is 1. The maximum Gasteiger partial charge on any atom is 0.348 e. The van der Waals surface area contributed by atoms with Crippen molar-refractivity contribution < 1.29 is 18.8 Å². The number of halogens is 1. The fourth-order valence-corrected chi connectivity index (χ4v) is 2.50. The third-order valence-electron chi connectivity index (χ3n) is 3.50. The van der Waals surface area contributed by atoms with Crippen LogP contribution in [0.25, 0.3) is 11.3 Å². The van der Waals surface area contributed by atoms with E-state index in [0.29, 0.717) is 11.5 Å². The Kier molecular flexibility index (Phi) is 5.01. The van der Waals surface area contributed by atoms with Gasteiger partial charge in [-0.2, -0.15) is 5.10 Å². The maximum atomic E-state index is 11.9. The summed E-state index contributed by atoms with van der Waals surface area (Å²) in [7, 11) is 1.54. The van der Waals surface area contributed by atoms with E-state index >= 15 is 0 Å². The molecule has 130 valence electrons. The Morgan fingerprint density at radius 2 is 2.04 bits per heavy atom. The van der Waals surface area contributed by atoms with Crippen LogP contribution < -0.4 is 5.48 Å². The molecule has 0 spiro atoms. The molecular formula is C16H15ClN4O4. The van der Waals surface area contributed by atoms with E-state index in [-0.39, 0.29) is 18.5 Å². The standard InChI is InChI=1S/C16H15ClN4O4/c1-24-19-12-4-2-11(3-5-12)14-7-6-13(25-14)8-18-21-9-15(22)20(10-17)16(21)23/h2-8,19H,9-10H2,1H3/b18-8+. The number of carbonyl (C=O) groups is 2. The van der Waals surface area contributed by atoms with Gasteiger partial charge < -0.3 is 4.42 Å². The molecule has 1 aromatic carbocycles. The summed E-state index contributed by atoms with van der Waals surface area (Å²) in [6, 6.07) is 10.2. The Bertz CT molecular complexity index is 803. The fourth-order valence-electron chi connectivity index (χ4n) is 2.26. The highest BCUT2D eigenvalue weighted by Gasteiger charge is 2.35. The predicted molar refractivity (Wildman–Crippen MR) is 92.0 cm³/mol. The van der Waals surface area contributed by atoms with Gasteiger partial charge in [0.25, 0.3) is 5.91 Å². The molecule has 1 saturated heterocycles. The monoisotopic (exact) mass is 362 g/mol. The Labute approximate surface area is 148 Å². The number of urea groups is 1. The first-order valence-electron chi connectivity index (χ1n) is 7.33. The van der Waals surface area contributed by atoms with E-state index in [1.165, 1.54) is 13.3 Å². The number of anilines is 1. The van der Waals surface area contributed by atoms with Crippen molar-refractivity contribution >= 4 is 35.4 Å². The minimum atomic E-state index is -0.552. The van der Waals surface area contributed by atoms with Gasteiger partial charge in [0.05, 0.1) is 19.0 Å². The summed E-state index contributed by atoms with van der Waals surface area (Å²) in [6.07, 6.45) is 1.38. The largest absolute Gasteiger partial charge is 0.455 e. The van der Waals surface area contributed by atoms with Gasteiger partial charge in [-0.1, -0.05) is 0 Å². The van der Waals surface area contributed by atoms with Gasteiger partial charge in [-0.3, -0.25) is 15.1 Å². The Hall–Kier alpha value is -2.84. The summed E-state index contributed by atoms with van der Waals surface area (Å²) >= 11 is 5.56. The van der Waals surface area contributed by atoms with Crippen molar-refractivity contribution in [3.05, 3.63) is 42.2 Å². The molecule has 0 atom stereocenters. The lowest BCUT2D eigenvalue weighted by molar-refractivity contribution is -0.124. The van der Waals surface area contributed by atoms with Crippen molar-refractivity contribution in [1.29, 1.82) is 0 Å². The molecule has 3 amide bonds. The third kappa shape index (κ3) is 3.65. The molecule has 0 bridgehead atoms. The normalized spacial score (nSPS) is 14.8. The Morgan fingerprint density at radius 3 is 2.68 bits per heavy atom. The number of hydrogen-bond acceptors (Lipinski definition) is 6. The lowest BCUT2D eigenvalue weighted by atomic mass is 10.1. The Balaban J connectivity index is 1.69. The number of benzene rings is 1. The van der Waals surface area contributed by atoms with Crippen LogP contribution in [0.5, 0.6) is 0 Å². The first kappa shape index (κ1) is 17.0. The number of amides is 3. The molecule has 0 radical (unpaired) electrons. The second-order valence-corrected chi connectivity index (χ2v) is 5.35. The molecule has 2 heterocycles. The van der Waals surface area contributed by atoms with E-state index in [1.54, 1.807) is 12.1 Å². The second kappa shape index (κ2) is 7.37. The number of carbonyl (C=O) groups excluding carboxylic acids is 2. The van der Waals surface area contributed by atoms with Crippen LogP contribution in [0.3, 0.4) is 0 Å². The van der Waals surface area contributed by atoms with Gasteiger partial charge in [0, 0.05) is 5.56 Å². The van der Waals surface area contributed by atoms with Crippen molar-refractivity contribution in [2.75, 3.05) is 25.1 Å². The maximum absolute atomic E-state index is 11.9. The van der Waals surface area contributed by atoms with Gasteiger partial charge in [0.15, 0.2) is 0 Å². The molecule has 1 aliphatic heterocycles. The summed E-state index contributed by atoms with van der Waals surface area (Å²) < 4.78 is 5.68. The third-order valence-corrected chi connectivity index (χ3v) is 3.74. The quantitative estimate of drug-likeness (QED) is 0.281. The van der Waals surface area contributed by atoms with E-state index in [0.717, 1.165) is 21.2 Å². The minimum absolute atomic E-state index is 0.135. The minimum Gasteiger partial charge on any atom is -0.455 e. The molecule has 2 aromatic rings. The second-order valence-electron chi connectivity index (χ2n) is 5.11. The number of imide groups is 1. The fraction of sp³-hybridized carbons (Fsp3) is 0.188. The van der Waals surface area contributed by atoms with Gasteiger partial charge in [0.1, 0.15) is 24.1 Å². The van der Waals surface area contributed by atoms with Crippen molar-refractivity contribution in [2.45, 2.75) is 0 Å². The molecule has 0 unspecified atom stereocenters. The zero-order chi connectivity index (χ0) is 17.8. The summed E-state index contributed by atoms with van der Waals surface area (Å²) in [6.45, 7) is -0.135. The molecule has 1 N–H and O–H groups in total. The van der Waals surface area contributed by atoms with Crippen LogP contribution in [0, 0.1) is 0 Å². The zero-order valence-electron chi connectivity index (χ0n) is 13.3. The van der Waals surface area contributed by atoms with Crippen LogP contribution >= 0.6 is 11.6 Å². The van der Waals surface area contributed by atoms with Gasteiger partial charge in [-0.15, -0.1) is 11.6 Å². The lowest BCUT2D eigenvalue weighted by Crippen LogP contribution is -2.30. The molecule has 0 saturated carbocycles. The molecule has 0 aliphatic carbocycles. The van der Waals surface area contributed by atoms with Crippen LogP contribution in [0.1, 0.15) is 5.76 Å². The van der Waals surface area contributed by atoms with Crippen LogP contribution in [-0.2, 0) is 9.63 Å². The molecule has 8 nitrogen and oxygen atoms in total. The molecule has 25 heavy (non-hydrogen) atoms. The molecule has 1 fully saturated rings. The average molecular weight is 363 g/mol. The number of alkyl halides is 1. The number of rotatable bonds is 6. The molecule has 9 heteroatoms. The highest BCUT2D eigenvalue weighted by atomic mass is 35.5. The predicted octanol–water partition coefficient (Wildman–Crippen LogP) is 2.71. The van der Waals surface area contributed by atoms with Gasteiger partial charge in [0.2, 0.25) is 0 Å². The molecule has 1 aromatic heterocycles. The number of nitrogens with zero attached hydrogens (tertiary/aromatic N) is 3. The SMILES string of the molecule is CONc1ccc(-c2ccc(/C=N/N3CC(=O)N(CCl)C3=O)o2)cc1.